The van der Waals surface area contributed by atoms with Gasteiger partial charge in [-0.15, -0.1) is 21.5 Å². The number of thiophene rings is 1. The van der Waals surface area contributed by atoms with E-state index in [2.05, 4.69) is 15.5 Å². The molecular weight excluding hydrogens is 608 g/mol. The second-order valence-electron chi connectivity index (χ2n) is 10.7. The number of hydrogen-bond donors (Lipinski definition) is 1. The summed E-state index contributed by atoms with van der Waals surface area (Å²) in [6.45, 7) is 4.24. The van der Waals surface area contributed by atoms with Gasteiger partial charge in [0.2, 0.25) is 5.91 Å². The summed E-state index contributed by atoms with van der Waals surface area (Å²) >= 11 is 2.84. The van der Waals surface area contributed by atoms with E-state index in [-0.39, 0.29) is 42.4 Å². The number of thioether (sulfide) groups is 1. The molecule has 3 heterocycles. The lowest BCUT2D eigenvalue weighted by Gasteiger charge is -2.22. The summed E-state index contributed by atoms with van der Waals surface area (Å²) in [6.07, 6.45) is 0.793. The Morgan fingerprint density at radius 1 is 0.978 bits per heavy atom. The highest BCUT2D eigenvalue weighted by Gasteiger charge is 2.34. The van der Waals surface area contributed by atoms with Gasteiger partial charge in [0.15, 0.2) is 11.0 Å². The van der Waals surface area contributed by atoms with Crippen molar-refractivity contribution < 1.29 is 14.0 Å². The molecule has 1 aliphatic heterocycles. The number of halogens is 1. The minimum absolute atomic E-state index is 0.0578. The van der Waals surface area contributed by atoms with Crippen molar-refractivity contribution >= 4 is 40.6 Å². The number of carbonyl (C=O) groups is 2. The molecule has 1 aliphatic rings. The fourth-order valence-corrected chi connectivity index (χ4v) is 6.76. The fourth-order valence-electron chi connectivity index (χ4n) is 5.22. The third kappa shape index (κ3) is 6.89. The average molecular weight is 639 g/mol. The number of hydrogen-bond acceptors (Lipinski definition) is 7. The molecule has 3 aromatic carbocycles. The first-order chi connectivity index (χ1) is 21.9. The maximum absolute atomic E-state index is 13.8. The van der Waals surface area contributed by atoms with Crippen LogP contribution in [0.4, 0.5) is 4.39 Å². The van der Waals surface area contributed by atoms with Gasteiger partial charge in [0.05, 0.1) is 41.0 Å². The lowest BCUT2D eigenvalue weighted by atomic mass is 10.0. The van der Waals surface area contributed by atoms with E-state index in [1.807, 2.05) is 84.5 Å². The van der Waals surface area contributed by atoms with Gasteiger partial charge in [-0.1, -0.05) is 72.4 Å². The van der Waals surface area contributed by atoms with E-state index >= 15 is 0 Å². The first-order valence-corrected chi connectivity index (χ1v) is 16.4. The van der Waals surface area contributed by atoms with E-state index in [1.165, 1.54) is 28.9 Å². The van der Waals surface area contributed by atoms with Crippen molar-refractivity contribution in [2.24, 2.45) is 5.10 Å². The van der Waals surface area contributed by atoms with Crippen LogP contribution in [0.15, 0.2) is 101 Å². The predicted molar refractivity (Wildman–Crippen MR) is 175 cm³/mol. The normalized spacial score (nSPS) is 14.4. The smallest absolute Gasteiger partial charge is 0.253 e. The van der Waals surface area contributed by atoms with Crippen molar-refractivity contribution in [3.63, 3.8) is 0 Å². The highest BCUT2D eigenvalue weighted by Crippen LogP contribution is 2.35. The summed E-state index contributed by atoms with van der Waals surface area (Å²) in [5, 5.41) is 20.6. The monoisotopic (exact) mass is 638 g/mol. The molecule has 0 spiro atoms. The first-order valence-electron chi connectivity index (χ1n) is 14.5. The number of benzene rings is 3. The third-order valence-corrected chi connectivity index (χ3v) is 9.55. The van der Waals surface area contributed by atoms with Gasteiger partial charge >= 0.3 is 0 Å². The van der Waals surface area contributed by atoms with Crippen LogP contribution < -0.4 is 5.32 Å². The lowest BCUT2D eigenvalue weighted by molar-refractivity contribution is -0.130. The van der Waals surface area contributed by atoms with Gasteiger partial charge in [-0.3, -0.25) is 14.2 Å². The molecular formula is C34H31FN6O2S2. The van der Waals surface area contributed by atoms with Crippen molar-refractivity contribution in [3.8, 4) is 5.69 Å². The van der Waals surface area contributed by atoms with Crippen LogP contribution >= 0.6 is 23.1 Å². The largest absolute Gasteiger partial charge is 0.348 e. The summed E-state index contributed by atoms with van der Waals surface area (Å²) in [7, 11) is 0. The number of nitrogens with one attached hydrogen (secondary N) is 1. The maximum Gasteiger partial charge on any atom is 0.253 e. The summed E-state index contributed by atoms with van der Waals surface area (Å²) in [5.41, 5.74) is 5.59. The molecule has 0 saturated heterocycles. The van der Waals surface area contributed by atoms with E-state index in [0.29, 0.717) is 17.4 Å². The van der Waals surface area contributed by atoms with E-state index in [0.717, 1.165) is 38.5 Å². The standard InChI is InChI=1S/C34H31FN6O2S2/c1-22-8-6-11-28(23(22)2)40-31(20-36-32(42)18-24-9-4-3-5-10-24)37-38-34(40)45-21-33(43)41-29(25-13-15-26(35)16-14-25)19-27(39-41)30-12-7-17-44-30/h3-17,29H,18-21H2,1-2H3,(H,36,42)/t29-/m0/s1. The van der Waals surface area contributed by atoms with Gasteiger partial charge in [-0.2, -0.15) is 5.10 Å². The molecule has 0 saturated carbocycles. The Kier molecular flexibility index (Phi) is 9.18. The third-order valence-electron chi connectivity index (χ3n) is 7.72. The number of hydrazone groups is 1. The van der Waals surface area contributed by atoms with Crippen molar-refractivity contribution in [1.29, 1.82) is 0 Å². The maximum atomic E-state index is 13.8. The second-order valence-corrected chi connectivity index (χ2v) is 12.6. The topological polar surface area (TPSA) is 92.5 Å². The van der Waals surface area contributed by atoms with Gasteiger partial charge in [0.1, 0.15) is 5.82 Å². The molecule has 6 rings (SSSR count). The number of aromatic nitrogens is 3. The Morgan fingerprint density at radius 3 is 2.53 bits per heavy atom. The van der Waals surface area contributed by atoms with Crippen LogP contribution in [-0.2, 0) is 22.6 Å². The average Bonchev–Trinajstić information content (AvgIpc) is 3.82. The molecule has 1 N–H and O–H groups in total. The molecule has 11 heteroatoms. The molecule has 1 atom stereocenters. The Balaban J connectivity index is 1.24. The van der Waals surface area contributed by atoms with Crippen LogP contribution in [0.1, 0.15) is 45.4 Å². The molecule has 0 radical (unpaired) electrons. The fraction of sp³-hybridized carbons (Fsp3) is 0.206. The quantitative estimate of drug-likeness (QED) is 0.179. The van der Waals surface area contributed by atoms with Crippen LogP contribution in [0.25, 0.3) is 5.69 Å². The molecule has 2 aromatic heterocycles. The zero-order valence-electron chi connectivity index (χ0n) is 24.8. The zero-order chi connectivity index (χ0) is 31.3. The second kappa shape index (κ2) is 13.6. The van der Waals surface area contributed by atoms with Crippen LogP contribution in [0.5, 0.6) is 0 Å². The molecule has 2 amide bonds. The molecule has 0 aliphatic carbocycles. The van der Waals surface area contributed by atoms with Crippen LogP contribution in [-0.4, -0.2) is 43.1 Å². The summed E-state index contributed by atoms with van der Waals surface area (Å²) in [5.74, 6) is -0.0382. The van der Waals surface area contributed by atoms with Crippen molar-refractivity contribution in [3.05, 3.63) is 129 Å². The Morgan fingerprint density at radius 2 is 1.78 bits per heavy atom. The molecule has 8 nitrogen and oxygen atoms in total. The number of aryl methyl sites for hydroxylation is 1. The van der Waals surface area contributed by atoms with Crippen molar-refractivity contribution in [1.82, 2.24) is 25.1 Å². The van der Waals surface area contributed by atoms with Gasteiger partial charge in [-0.25, -0.2) is 9.40 Å². The SMILES string of the molecule is Cc1cccc(-n2c(CNC(=O)Cc3ccccc3)nnc2SCC(=O)N2N=C(c3cccs3)C[C@H]2c2ccc(F)cc2)c1C. The van der Waals surface area contributed by atoms with Gasteiger partial charge < -0.3 is 5.32 Å². The molecule has 45 heavy (non-hydrogen) atoms. The summed E-state index contributed by atoms with van der Waals surface area (Å²) in [4.78, 5) is 27.5. The number of carbonyl (C=O) groups excluding carboxylic acids is 2. The number of nitrogens with zero attached hydrogens (tertiary/aromatic N) is 5. The summed E-state index contributed by atoms with van der Waals surface area (Å²) in [6, 6.07) is 25.4. The van der Waals surface area contributed by atoms with E-state index in [4.69, 9.17) is 5.10 Å². The molecule has 0 unspecified atom stereocenters. The zero-order valence-corrected chi connectivity index (χ0v) is 26.4. The first kappa shape index (κ1) is 30.4. The molecule has 5 aromatic rings. The van der Waals surface area contributed by atoms with Crippen LogP contribution in [0, 0.1) is 19.7 Å². The van der Waals surface area contributed by atoms with E-state index < -0.39 is 0 Å². The highest BCUT2D eigenvalue weighted by molar-refractivity contribution is 7.99. The van der Waals surface area contributed by atoms with Gasteiger partial charge in [0.25, 0.3) is 5.91 Å². The predicted octanol–water partition coefficient (Wildman–Crippen LogP) is 6.41. The number of rotatable bonds is 10. The number of amides is 2. The molecule has 0 fully saturated rings. The van der Waals surface area contributed by atoms with Gasteiger partial charge in [-0.05, 0) is 65.7 Å². The van der Waals surface area contributed by atoms with Crippen LogP contribution in [0.3, 0.4) is 0 Å². The minimum atomic E-state index is -0.344. The Hall–Kier alpha value is -4.61. The van der Waals surface area contributed by atoms with Crippen LogP contribution in [0.2, 0.25) is 0 Å². The van der Waals surface area contributed by atoms with Crippen molar-refractivity contribution in [2.75, 3.05) is 5.75 Å². The molecule has 0 bridgehead atoms. The summed E-state index contributed by atoms with van der Waals surface area (Å²) < 4.78 is 15.6. The van der Waals surface area contributed by atoms with E-state index in [9.17, 15) is 14.0 Å². The van der Waals surface area contributed by atoms with E-state index in [1.54, 1.807) is 23.5 Å². The van der Waals surface area contributed by atoms with Gasteiger partial charge in [0, 0.05) is 6.42 Å². The Labute approximate surface area is 269 Å². The lowest BCUT2D eigenvalue weighted by Crippen LogP contribution is -2.28. The highest BCUT2D eigenvalue weighted by atomic mass is 32.2. The minimum Gasteiger partial charge on any atom is -0.348 e. The van der Waals surface area contributed by atoms with Crippen molar-refractivity contribution in [2.45, 2.75) is 44.4 Å². The molecule has 228 valence electrons. The Bertz CT molecular complexity index is 1840.